The Morgan fingerprint density at radius 1 is 0.261 bits per heavy atom. The summed E-state index contributed by atoms with van der Waals surface area (Å²) in [7, 11) is 0. The molecular formula is C60H99N9. The summed E-state index contributed by atoms with van der Waals surface area (Å²) in [6, 6.07) is 22.3. The highest BCUT2D eigenvalue weighted by Gasteiger charge is 1.92. The van der Waals surface area contributed by atoms with Gasteiger partial charge in [0.25, 0.3) is 0 Å². The second-order valence-electron chi connectivity index (χ2n) is 13.6. The second-order valence-corrected chi connectivity index (χ2v) is 13.6. The molecule has 1 aromatic carbocycles. The maximum atomic E-state index is 4.08. The van der Waals surface area contributed by atoms with E-state index in [0.717, 1.165) is 34.6 Å². The van der Waals surface area contributed by atoms with Crippen molar-refractivity contribution in [1.82, 2.24) is 45.1 Å². The van der Waals surface area contributed by atoms with Crippen LogP contribution < -0.4 is 0 Å². The van der Waals surface area contributed by atoms with Crippen LogP contribution in [-0.4, -0.2) is 45.1 Å². The topological polar surface area (TPSA) is 116 Å². The zero-order chi connectivity index (χ0) is 54.8. The lowest BCUT2D eigenvalue weighted by atomic mass is 10.1. The molecule has 7 rings (SSSR count). The zero-order valence-electron chi connectivity index (χ0n) is 48.9. The van der Waals surface area contributed by atoms with Gasteiger partial charge in [0.15, 0.2) is 0 Å². The highest BCUT2D eigenvalue weighted by molar-refractivity contribution is 5.23. The molecule has 0 aliphatic heterocycles. The van der Waals surface area contributed by atoms with Crippen LogP contribution in [0.4, 0.5) is 0 Å². The first-order valence-corrected chi connectivity index (χ1v) is 25.0. The number of nitrogens with zero attached hydrogens (tertiary/aromatic N) is 9. The molecule has 6 aromatic heterocycles. The van der Waals surface area contributed by atoms with E-state index in [1.54, 1.807) is 6.20 Å². The molecule has 0 N–H and O–H groups in total. The fourth-order valence-electron chi connectivity index (χ4n) is 4.12. The van der Waals surface area contributed by atoms with Gasteiger partial charge in [-0.05, 0) is 184 Å². The summed E-state index contributed by atoms with van der Waals surface area (Å²) in [5, 5.41) is 7.52. The molecule has 0 radical (unpaired) electrons. The molecule has 69 heavy (non-hydrogen) atoms. The molecule has 384 valence electrons. The summed E-state index contributed by atoms with van der Waals surface area (Å²) in [5.74, 6) is 2.38. The van der Waals surface area contributed by atoms with Crippen molar-refractivity contribution in [2.24, 2.45) is 0 Å². The lowest BCUT2D eigenvalue weighted by molar-refractivity contribution is 0.875. The summed E-state index contributed by atoms with van der Waals surface area (Å²) in [4.78, 5) is 28.1. The largest absolute Gasteiger partial charge is 0.264 e. The molecule has 0 atom stereocenters. The van der Waals surface area contributed by atoms with Gasteiger partial charge in [0, 0.05) is 54.8 Å². The molecule has 0 unspecified atom stereocenters. The van der Waals surface area contributed by atoms with Crippen LogP contribution in [0.25, 0.3) is 0 Å². The Hall–Kier alpha value is -6.09. The van der Waals surface area contributed by atoms with E-state index in [1.807, 2.05) is 199 Å². The molecule has 9 heteroatoms. The summed E-state index contributed by atoms with van der Waals surface area (Å²) < 4.78 is 0. The van der Waals surface area contributed by atoms with Crippen molar-refractivity contribution in [3.8, 4) is 0 Å². The number of aromatic nitrogens is 9. The summed E-state index contributed by atoms with van der Waals surface area (Å²) in [6.45, 7) is 54.2. The molecule has 0 fully saturated rings. The minimum absolute atomic E-state index is 0.792. The number of benzene rings is 1. The molecule has 9 nitrogen and oxygen atoms in total. The lowest BCUT2D eigenvalue weighted by Crippen LogP contribution is -1.97. The first kappa shape index (κ1) is 74.4. The Kier molecular flexibility index (Phi) is 57.0. The number of hydrogen-bond donors (Lipinski definition) is 0. The van der Waals surface area contributed by atoms with E-state index in [2.05, 4.69) is 137 Å². The van der Waals surface area contributed by atoms with E-state index in [4.69, 9.17) is 0 Å². The fraction of sp³-hybridized carbons (Fsp3) is 0.450. The van der Waals surface area contributed by atoms with Crippen molar-refractivity contribution in [3.63, 3.8) is 0 Å². The smallest absolute Gasteiger partial charge is 0.129 e. The third-order valence-electron chi connectivity index (χ3n) is 8.71. The third kappa shape index (κ3) is 43.0. The predicted octanol–water partition coefficient (Wildman–Crippen LogP) is 17.1. The average molecular weight is 947 g/mol. The lowest BCUT2D eigenvalue weighted by Gasteiger charge is -1.94. The Labute approximate surface area is 425 Å². The molecule has 0 aliphatic rings. The van der Waals surface area contributed by atoms with E-state index in [0.29, 0.717) is 0 Å². The van der Waals surface area contributed by atoms with Crippen LogP contribution in [0.15, 0.2) is 110 Å². The van der Waals surface area contributed by atoms with Crippen LogP contribution in [0.3, 0.4) is 0 Å². The van der Waals surface area contributed by atoms with Crippen molar-refractivity contribution in [1.29, 1.82) is 0 Å². The number of rotatable bonds is 0. The molecule has 0 aliphatic carbocycles. The Morgan fingerprint density at radius 2 is 0.536 bits per heavy atom. The highest BCUT2D eigenvalue weighted by Crippen LogP contribution is 2.04. The van der Waals surface area contributed by atoms with Gasteiger partial charge in [0.05, 0.1) is 5.69 Å². The molecule has 0 spiro atoms. The van der Waals surface area contributed by atoms with E-state index in [9.17, 15) is 0 Å². The number of aryl methyl sites for hydroxylation is 15. The van der Waals surface area contributed by atoms with Gasteiger partial charge < -0.3 is 0 Å². The first-order chi connectivity index (χ1) is 33.0. The number of pyridine rings is 4. The minimum atomic E-state index is 0.792. The van der Waals surface area contributed by atoms with Gasteiger partial charge in [-0.1, -0.05) is 119 Å². The van der Waals surface area contributed by atoms with Gasteiger partial charge in [-0.25, -0.2) is 15.0 Å². The van der Waals surface area contributed by atoms with Crippen molar-refractivity contribution in [2.75, 3.05) is 0 Å². The van der Waals surface area contributed by atoms with E-state index >= 15 is 0 Å². The summed E-state index contributed by atoms with van der Waals surface area (Å²) >= 11 is 0. The van der Waals surface area contributed by atoms with E-state index in [-0.39, 0.29) is 0 Å². The van der Waals surface area contributed by atoms with Gasteiger partial charge >= 0.3 is 0 Å². The van der Waals surface area contributed by atoms with Gasteiger partial charge in [-0.15, -0.1) is 0 Å². The van der Waals surface area contributed by atoms with Crippen molar-refractivity contribution < 1.29 is 0 Å². The molecule has 0 bridgehead atoms. The second kappa shape index (κ2) is 52.9. The Balaban J connectivity index is -0.000000162. The Bertz CT molecular complexity index is 1670. The third-order valence-corrected chi connectivity index (χ3v) is 8.71. The van der Waals surface area contributed by atoms with Crippen LogP contribution in [0.2, 0.25) is 0 Å². The van der Waals surface area contributed by atoms with Crippen molar-refractivity contribution >= 4 is 0 Å². The van der Waals surface area contributed by atoms with Gasteiger partial charge in [-0.3, -0.25) is 19.9 Å². The van der Waals surface area contributed by atoms with Crippen LogP contribution in [0.1, 0.15) is 168 Å². The summed E-state index contributed by atoms with van der Waals surface area (Å²) in [5.41, 5.74) is 14.8. The molecule has 0 saturated carbocycles. The molecule has 0 amide bonds. The quantitative estimate of drug-likeness (QED) is 0.146. The fourth-order valence-corrected chi connectivity index (χ4v) is 4.12. The van der Waals surface area contributed by atoms with Gasteiger partial charge in [0.2, 0.25) is 0 Å². The highest BCUT2D eigenvalue weighted by atomic mass is 15.1. The maximum absolute atomic E-state index is 4.08. The van der Waals surface area contributed by atoms with Crippen molar-refractivity contribution in [2.45, 2.75) is 187 Å². The predicted molar refractivity (Wildman–Crippen MR) is 304 cm³/mol. The molecule has 7 aromatic rings. The summed E-state index contributed by atoms with van der Waals surface area (Å²) in [6.07, 6.45) is 12.7. The minimum Gasteiger partial charge on any atom is -0.264 e. The normalized spacial score (nSPS) is 8.22. The molecule has 6 heterocycles. The zero-order valence-corrected chi connectivity index (χ0v) is 48.9. The van der Waals surface area contributed by atoms with Crippen LogP contribution >= 0.6 is 0 Å². The standard InChI is InChI=1S/C8H10.4C7H9N.C6H9N3.C6H8N2.6C2H6/c1-7-5-3-4-6-8(7)2;2*1-6-3-4-8-5-7(6)2;2*1-6-4-3-5-8-7(6)2;1-4-7-5(2)9-6(3)8-4;1-5-3-4-7-8-6(5)2;6*1-2/h3-6H,1-2H3;4*3-5H,1-2H3;1-3H3;3-4H,1-2H3;6*1-2H3. The maximum Gasteiger partial charge on any atom is 0.129 e. The average Bonchev–Trinajstić information content (AvgIpc) is 3.37. The Morgan fingerprint density at radius 3 is 0.725 bits per heavy atom. The van der Waals surface area contributed by atoms with Gasteiger partial charge in [-0.2, -0.15) is 10.2 Å². The monoisotopic (exact) mass is 946 g/mol. The SMILES string of the molecule is CC.CC.CC.CC.CC.CC.Cc1ccccc1C.Cc1cccnc1C.Cc1cccnc1C.Cc1ccncc1C.Cc1ccncc1C.Cc1ccnnc1C.Cc1nc(C)nc(C)n1. The van der Waals surface area contributed by atoms with E-state index < -0.39 is 0 Å². The van der Waals surface area contributed by atoms with Crippen LogP contribution in [-0.2, 0) is 0 Å². The molecule has 0 saturated heterocycles. The number of hydrogen-bond acceptors (Lipinski definition) is 9. The molecular weight excluding hydrogens is 847 g/mol. The van der Waals surface area contributed by atoms with Gasteiger partial charge in [0.1, 0.15) is 17.5 Å². The van der Waals surface area contributed by atoms with E-state index in [1.165, 1.54) is 50.1 Å². The van der Waals surface area contributed by atoms with Crippen molar-refractivity contribution in [3.05, 3.63) is 195 Å². The first-order valence-electron chi connectivity index (χ1n) is 25.0. The van der Waals surface area contributed by atoms with Crippen LogP contribution in [0.5, 0.6) is 0 Å². The van der Waals surface area contributed by atoms with Crippen LogP contribution in [0, 0.1) is 104 Å².